The van der Waals surface area contributed by atoms with Crippen LogP contribution in [0, 0.1) is 0 Å². The fraction of sp³-hybridized carbons (Fsp3) is 0.444. The molecule has 2 aromatic heterocycles. The predicted molar refractivity (Wildman–Crippen MR) is 92.4 cm³/mol. The fourth-order valence-corrected chi connectivity index (χ4v) is 2.11. The molecule has 2 rings (SSSR count). The van der Waals surface area contributed by atoms with E-state index in [0.717, 1.165) is 11.9 Å². The van der Waals surface area contributed by atoms with Crippen LogP contribution in [0.4, 0.5) is 13.2 Å². The molecule has 0 saturated heterocycles. The molecule has 6 nitrogen and oxygen atoms in total. The van der Waals surface area contributed by atoms with Gasteiger partial charge in [-0.15, -0.1) is 0 Å². The Morgan fingerprint density at radius 3 is 2.30 bits per heavy atom. The molecular formula is C18H21F3N4O2. The van der Waals surface area contributed by atoms with Crippen molar-refractivity contribution in [3.8, 4) is 5.88 Å². The van der Waals surface area contributed by atoms with Gasteiger partial charge in [0.05, 0.1) is 29.7 Å². The largest absolute Gasteiger partial charge is 0.467 e. The molecular weight excluding hydrogens is 361 g/mol. The molecule has 0 aliphatic rings. The van der Waals surface area contributed by atoms with Crippen LogP contribution in [0.25, 0.3) is 0 Å². The number of nitrogens with zero attached hydrogens (tertiary/aromatic N) is 3. The zero-order chi connectivity index (χ0) is 20.2. The summed E-state index contributed by atoms with van der Waals surface area (Å²) in [6.07, 6.45) is -0.596. The number of alkyl halides is 3. The van der Waals surface area contributed by atoms with Crippen molar-refractivity contribution in [3.63, 3.8) is 0 Å². The van der Waals surface area contributed by atoms with Gasteiger partial charge in [-0.05, 0) is 19.1 Å². The Bertz CT molecular complexity index is 769. The number of halogens is 3. The van der Waals surface area contributed by atoms with Crippen molar-refractivity contribution in [2.45, 2.75) is 45.3 Å². The van der Waals surface area contributed by atoms with E-state index in [1.54, 1.807) is 19.1 Å². The molecule has 2 aromatic rings. The Balaban J connectivity index is 1.97. The van der Waals surface area contributed by atoms with Gasteiger partial charge < -0.3 is 10.1 Å². The maximum Gasteiger partial charge on any atom is 0.422 e. The number of rotatable bonds is 5. The maximum absolute atomic E-state index is 12.3. The van der Waals surface area contributed by atoms with E-state index in [2.05, 4.69) is 25.0 Å². The standard InChI is InChI=1S/C18H21F3N4O2/c1-11(13-8-24-15(9-22-13)27-10-18(19,20)21)25-16(26)12-5-6-14(23-7-12)17(2,3)4/h5-9,11H,10H2,1-4H3,(H,25,26). The smallest absolute Gasteiger partial charge is 0.422 e. The minimum atomic E-state index is -4.45. The summed E-state index contributed by atoms with van der Waals surface area (Å²) in [6, 6.07) is 2.99. The fourth-order valence-electron chi connectivity index (χ4n) is 2.11. The summed E-state index contributed by atoms with van der Waals surface area (Å²) < 4.78 is 40.9. The Hall–Kier alpha value is -2.71. The van der Waals surface area contributed by atoms with Crippen LogP contribution in [0.3, 0.4) is 0 Å². The lowest BCUT2D eigenvalue weighted by Gasteiger charge is -2.18. The zero-order valence-corrected chi connectivity index (χ0v) is 15.5. The maximum atomic E-state index is 12.3. The van der Waals surface area contributed by atoms with E-state index in [0.29, 0.717) is 11.3 Å². The van der Waals surface area contributed by atoms with Gasteiger partial charge in [-0.25, -0.2) is 4.98 Å². The molecule has 27 heavy (non-hydrogen) atoms. The van der Waals surface area contributed by atoms with Gasteiger partial charge in [-0.2, -0.15) is 13.2 Å². The van der Waals surface area contributed by atoms with Crippen LogP contribution in [-0.4, -0.2) is 33.6 Å². The van der Waals surface area contributed by atoms with Crippen molar-refractivity contribution in [2.24, 2.45) is 0 Å². The predicted octanol–water partition coefficient (Wildman–Crippen LogP) is 3.60. The molecule has 0 aliphatic carbocycles. The summed E-state index contributed by atoms with van der Waals surface area (Å²) >= 11 is 0. The number of hydrogen-bond acceptors (Lipinski definition) is 5. The quantitative estimate of drug-likeness (QED) is 0.855. The Morgan fingerprint density at radius 1 is 1.11 bits per heavy atom. The molecule has 0 spiro atoms. The van der Waals surface area contributed by atoms with Gasteiger partial charge in [0.1, 0.15) is 0 Å². The second-order valence-electron chi connectivity index (χ2n) is 7.06. The SMILES string of the molecule is CC(NC(=O)c1ccc(C(C)(C)C)nc1)c1cnc(OCC(F)(F)F)cn1. The molecule has 1 amide bonds. The highest BCUT2D eigenvalue weighted by Gasteiger charge is 2.28. The molecule has 0 radical (unpaired) electrons. The number of carbonyl (C=O) groups is 1. The van der Waals surface area contributed by atoms with Crippen molar-refractivity contribution in [2.75, 3.05) is 6.61 Å². The highest BCUT2D eigenvalue weighted by molar-refractivity contribution is 5.94. The summed E-state index contributed by atoms with van der Waals surface area (Å²) in [5.41, 5.74) is 1.54. The molecule has 1 atom stereocenters. The minimum Gasteiger partial charge on any atom is -0.467 e. The molecule has 0 aromatic carbocycles. The number of hydrogen-bond donors (Lipinski definition) is 1. The van der Waals surface area contributed by atoms with Crippen LogP contribution in [-0.2, 0) is 5.41 Å². The lowest BCUT2D eigenvalue weighted by atomic mass is 9.91. The molecule has 1 N–H and O–H groups in total. The van der Waals surface area contributed by atoms with Crippen molar-refractivity contribution in [1.29, 1.82) is 0 Å². The average Bonchev–Trinajstić information content (AvgIpc) is 2.59. The number of carbonyl (C=O) groups excluding carboxylic acids is 1. The molecule has 0 aliphatic heterocycles. The van der Waals surface area contributed by atoms with E-state index in [9.17, 15) is 18.0 Å². The second-order valence-corrected chi connectivity index (χ2v) is 7.06. The third-order valence-corrected chi connectivity index (χ3v) is 3.62. The van der Waals surface area contributed by atoms with E-state index in [4.69, 9.17) is 0 Å². The van der Waals surface area contributed by atoms with Gasteiger partial charge in [0.25, 0.3) is 5.91 Å². The topological polar surface area (TPSA) is 77.0 Å². The van der Waals surface area contributed by atoms with E-state index >= 15 is 0 Å². The van der Waals surface area contributed by atoms with E-state index in [-0.39, 0.29) is 17.2 Å². The summed E-state index contributed by atoms with van der Waals surface area (Å²) in [5, 5.41) is 2.74. The molecule has 0 fully saturated rings. The van der Waals surface area contributed by atoms with Crippen LogP contribution < -0.4 is 10.1 Å². The first kappa shape index (κ1) is 20.6. The van der Waals surface area contributed by atoms with Gasteiger partial charge in [-0.3, -0.25) is 14.8 Å². The molecule has 9 heteroatoms. The minimum absolute atomic E-state index is 0.117. The zero-order valence-electron chi connectivity index (χ0n) is 15.5. The van der Waals surface area contributed by atoms with E-state index < -0.39 is 18.8 Å². The summed E-state index contributed by atoms with van der Waals surface area (Å²) in [5.74, 6) is -0.578. The Morgan fingerprint density at radius 2 is 1.81 bits per heavy atom. The van der Waals surface area contributed by atoms with Crippen LogP contribution in [0.2, 0.25) is 0 Å². The lowest BCUT2D eigenvalue weighted by Crippen LogP contribution is -2.27. The van der Waals surface area contributed by atoms with Crippen LogP contribution >= 0.6 is 0 Å². The molecule has 0 saturated carbocycles. The van der Waals surface area contributed by atoms with Gasteiger partial charge in [0, 0.05) is 17.3 Å². The summed E-state index contributed by atoms with van der Waals surface area (Å²) in [6.45, 7) is 6.33. The molecule has 2 heterocycles. The van der Waals surface area contributed by atoms with Gasteiger partial charge in [0.15, 0.2) is 6.61 Å². The van der Waals surface area contributed by atoms with Crippen molar-refractivity contribution in [1.82, 2.24) is 20.3 Å². The van der Waals surface area contributed by atoms with Gasteiger partial charge in [0.2, 0.25) is 5.88 Å². The van der Waals surface area contributed by atoms with Gasteiger partial charge in [-0.1, -0.05) is 20.8 Å². The van der Waals surface area contributed by atoms with Crippen molar-refractivity contribution < 1.29 is 22.7 Å². The summed E-state index contributed by atoms with van der Waals surface area (Å²) in [4.78, 5) is 24.4. The normalized spacial score (nSPS) is 13.1. The highest BCUT2D eigenvalue weighted by atomic mass is 19.4. The average molecular weight is 382 g/mol. The highest BCUT2D eigenvalue weighted by Crippen LogP contribution is 2.20. The molecule has 0 bridgehead atoms. The number of nitrogens with one attached hydrogen (secondary N) is 1. The Labute approximate surface area is 155 Å². The third kappa shape index (κ3) is 6.19. The van der Waals surface area contributed by atoms with Crippen molar-refractivity contribution in [3.05, 3.63) is 47.7 Å². The van der Waals surface area contributed by atoms with Gasteiger partial charge >= 0.3 is 6.18 Å². The first-order chi connectivity index (χ1) is 12.5. The molecule has 1 unspecified atom stereocenters. The third-order valence-electron chi connectivity index (χ3n) is 3.62. The van der Waals surface area contributed by atoms with E-state index in [1.165, 1.54) is 12.4 Å². The first-order valence-corrected chi connectivity index (χ1v) is 8.24. The van der Waals surface area contributed by atoms with Crippen LogP contribution in [0.15, 0.2) is 30.7 Å². The van der Waals surface area contributed by atoms with Crippen LogP contribution in [0.5, 0.6) is 5.88 Å². The number of aromatic nitrogens is 3. The van der Waals surface area contributed by atoms with Crippen LogP contribution in [0.1, 0.15) is 55.5 Å². The molecule has 146 valence electrons. The summed E-state index contributed by atoms with van der Waals surface area (Å²) in [7, 11) is 0. The first-order valence-electron chi connectivity index (χ1n) is 8.24. The Kier molecular flexibility index (Phi) is 6.02. The van der Waals surface area contributed by atoms with E-state index in [1.807, 2.05) is 20.8 Å². The number of ether oxygens (including phenoxy) is 1. The number of pyridine rings is 1. The lowest BCUT2D eigenvalue weighted by molar-refractivity contribution is -0.154. The second kappa shape index (κ2) is 7.89. The monoisotopic (exact) mass is 382 g/mol. The number of amides is 1. The van der Waals surface area contributed by atoms with Crippen molar-refractivity contribution >= 4 is 5.91 Å².